The van der Waals surface area contributed by atoms with Crippen molar-refractivity contribution in [3.63, 3.8) is 0 Å². The van der Waals surface area contributed by atoms with Crippen molar-refractivity contribution in [2.75, 3.05) is 0 Å². The first kappa shape index (κ1) is 15.4. The first-order chi connectivity index (χ1) is 9.95. The third-order valence-electron chi connectivity index (χ3n) is 3.74. The second-order valence-electron chi connectivity index (χ2n) is 5.37. The van der Waals surface area contributed by atoms with E-state index in [1.807, 2.05) is 26.8 Å². The fraction of sp³-hybridized carbons (Fsp3) is 0.353. The minimum absolute atomic E-state index is 0.0498. The van der Waals surface area contributed by atoms with Crippen LogP contribution in [0.15, 0.2) is 35.1 Å². The molecule has 0 radical (unpaired) electrons. The van der Waals surface area contributed by atoms with Gasteiger partial charge in [0.15, 0.2) is 0 Å². The third kappa shape index (κ3) is 3.05. The van der Waals surface area contributed by atoms with E-state index in [9.17, 15) is 9.18 Å². The lowest BCUT2D eigenvalue weighted by molar-refractivity contribution is 0.618. The predicted molar refractivity (Wildman–Crippen MR) is 82.9 cm³/mol. The van der Waals surface area contributed by atoms with Crippen LogP contribution < -0.4 is 11.3 Å². The third-order valence-corrected chi connectivity index (χ3v) is 3.74. The molecule has 0 spiro atoms. The Morgan fingerprint density at radius 1 is 1.24 bits per heavy atom. The fourth-order valence-electron chi connectivity index (χ4n) is 2.66. The van der Waals surface area contributed by atoms with E-state index in [-0.39, 0.29) is 11.4 Å². The molecule has 2 N–H and O–H groups in total. The van der Waals surface area contributed by atoms with Crippen molar-refractivity contribution in [1.29, 1.82) is 0 Å². The van der Waals surface area contributed by atoms with Gasteiger partial charge >= 0.3 is 0 Å². The molecule has 1 heterocycles. The molecule has 0 aliphatic heterocycles. The maximum absolute atomic E-state index is 13.0. The Hall–Kier alpha value is -1.94. The van der Waals surface area contributed by atoms with Crippen LogP contribution in [-0.4, -0.2) is 4.57 Å². The van der Waals surface area contributed by atoms with Crippen molar-refractivity contribution in [3.05, 3.63) is 68.9 Å². The molecular weight excluding hydrogens is 267 g/mol. The van der Waals surface area contributed by atoms with Gasteiger partial charge in [0.05, 0.1) is 6.04 Å². The lowest BCUT2D eigenvalue weighted by Crippen LogP contribution is -2.31. The summed E-state index contributed by atoms with van der Waals surface area (Å²) in [6.45, 7) is 6.53. The number of rotatable bonds is 4. The molecule has 2 rings (SSSR count). The summed E-state index contributed by atoms with van der Waals surface area (Å²) in [5.41, 5.74) is 9.34. The van der Waals surface area contributed by atoms with E-state index in [0.717, 1.165) is 23.2 Å². The van der Waals surface area contributed by atoms with Crippen LogP contribution in [0.1, 0.15) is 41.8 Å². The highest BCUT2D eigenvalue weighted by Crippen LogP contribution is 2.21. The van der Waals surface area contributed by atoms with E-state index in [1.54, 1.807) is 16.7 Å². The Balaban J connectivity index is 2.55. The SMILES string of the molecule is CCCn1c(C)cc(C)c(C(N)c2ccc(F)cc2)c1=O. The lowest BCUT2D eigenvalue weighted by Gasteiger charge is -2.18. The molecule has 1 unspecified atom stereocenters. The van der Waals surface area contributed by atoms with Gasteiger partial charge in [-0.25, -0.2) is 4.39 Å². The number of nitrogens with two attached hydrogens (primary N) is 1. The van der Waals surface area contributed by atoms with Crippen LogP contribution in [0.25, 0.3) is 0 Å². The van der Waals surface area contributed by atoms with Crippen molar-refractivity contribution >= 4 is 0 Å². The van der Waals surface area contributed by atoms with Crippen LogP contribution in [0, 0.1) is 19.7 Å². The molecule has 4 heteroatoms. The van der Waals surface area contributed by atoms with Crippen LogP contribution in [0.2, 0.25) is 0 Å². The van der Waals surface area contributed by atoms with Crippen LogP contribution in [0.3, 0.4) is 0 Å². The van der Waals surface area contributed by atoms with E-state index in [0.29, 0.717) is 12.1 Å². The summed E-state index contributed by atoms with van der Waals surface area (Å²) in [6, 6.07) is 7.43. The van der Waals surface area contributed by atoms with E-state index >= 15 is 0 Å². The molecule has 0 aliphatic rings. The van der Waals surface area contributed by atoms with Gasteiger partial charge in [-0.15, -0.1) is 0 Å². The van der Waals surface area contributed by atoms with Gasteiger partial charge in [-0.05, 0) is 49.6 Å². The zero-order chi connectivity index (χ0) is 15.6. The van der Waals surface area contributed by atoms with Gasteiger partial charge in [-0.2, -0.15) is 0 Å². The highest BCUT2D eigenvalue weighted by molar-refractivity contribution is 5.36. The summed E-state index contributed by atoms with van der Waals surface area (Å²) in [5, 5.41) is 0. The van der Waals surface area contributed by atoms with Gasteiger partial charge < -0.3 is 10.3 Å². The van der Waals surface area contributed by atoms with Gasteiger partial charge in [0.1, 0.15) is 5.82 Å². The van der Waals surface area contributed by atoms with Gasteiger partial charge in [0.2, 0.25) is 0 Å². The van der Waals surface area contributed by atoms with E-state index < -0.39 is 6.04 Å². The number of aryl methyl sites for hydroxylation is 2. The lowest BCUT2D eigenvalue weighted by atomic mass is 9.96. The van der Waals surface area contributed by atoms with E-state index in [1.165, 1.54) is 12.1 Å². The Labute approximate surface area is 124 Å². The molecule has 0 amide bonds. The summed E-state index contributed by atoms with van der Waals surface area (Å²) < 4.78 is 14.8. The number of aromatic nitrogens is 1. The monoisotopic (exact) mass is 288 g/mol. The summed E-state index contributed by atoms with van der Waals surface area (Å²) in [6.07, 6.45) is 0.884. The Kier molecular flexibility index (Phi) is 4.58. The molecule has 1 aromatic carbocycles. The summed E-state index contributed by atoms with van der Waals surface area (Å²) in [4.78, 5) is 12.7. The second kappa shape index (κ2) is 6.22. The number of benzene rings is 1. The van der Waals surface area contributed by atoms with Gasteiger partial charge in [-0.1, -0.05) is 19.1 Å². The largest absolute Gasteiger partial charge is 0.320 e. The first-order valence-electron chi connectivity index (χ1n) is 7.17. The van der Waals surface area contributed by atoms with Gasteiger partial charge in [0.25, 0.3) is 5.56 Å². The molecule has 3 nitrogen and oxygen atoms in total. The van der Waals surface area contributed by atoms with Crippen LogP contribution in [-0.2, 0) is 6.54 Å². The number of pyridine rings is 1. The Bertz CT molecular complexity index is 689. The highest BCUT2D eigenvalue weighted by atomic mass is 19.1. The molecular formula is C17H21FN2O. The minimum Gasteiger partial charge on any atom is -0.320 e. The molecule has 21 heavy (non-hydrogen) atoms. The highest BCUT2D eigenvalue weighted by Gasteiger charge is 2.18. The molecule has 0 saturated heterocycles. The van der Waals surface area contributed by atoms with Crippen molar-refractivity contribution in [3.8, 4) is 0 Å². The van der Waals surface area contributed by atoms with E-state index in [2.05, 4.69) is 0 Å². The van der Waals surface area contributed by atoms with Crippen molar-refractivity contribution in [2.45, 2.75) is 39.8 Å². The molecule has 1 aromatic heterocycles. The Morgan fingerprint density at radius 2 is 1.86 bits per heavy atom. The van der Waals surface area contributed by atoms with Crippen molar-refractivity contribution in [1.82, 2.24) is 4.57 Å². The summed E-state index contributed by atoms with van der Waals surface area (Å²) in [7, 11) is 0. The van der Waals surface area contributed by atoms with Gasteiger partial charge in [0, 0.05) is 17.8 Å². The molecule has 112 valence electrons. The van der Waals surface area contributed by atoms with Crippen molar-refractivity contribution in [2.24, 2.45) is 5.73 Å². The molecule has 0 fully saturated rings. The topological polar surface area (TPSA) is 48.0 Å². The summed E-state index contributed by atoms with van der Waals surface area (Å²) >= 11 is 0. The number of halogens is 1. The summed E-state index contributed by atoms with van der Waals surface area (Å²) in [5.74, 6) is -0.310. The zero-order valence-electron chi connectivity index (χ0n) is 12.7. The Morgan fingerprint density at radius 3 is 2.43 bits per heavy atom. The van der Waals surface area contributed by atoms with Crippen LogP contribution in [0.5, 0.6) is 0 Å². The fourth-order valence-corrected chi connectivity index (χ4v) is 2.66. The predicted octanol–water partition coefficient (Wildman–Crippen LogP) is 3.06. The van der Waals surface area contributed by atoms with Crippen LogP contribution in [0.4, 0.5) is 4.39 Å². The average molecular weight is 288 g/mol. The quantitative estimate of drug-likeness (QED) is 0.940. The molecule has 0 aliphatic carbocycles. The second-order valence-corrected chi connectivity index (χ2v) is 5.37. The number of nitrogens with zero attached hydrogens (tertiary/aromatic N) is 1. The standard InChI is InChI=1S/C17H21FN2O/c1-4-9-20-12(3)10-11(2)15(17(20)21)16(19)13-5-7-14(18)8-6-13/h5-8,10,16H,4,9,19H2,1-3H3. The maximum Gasteiger partial charge on any atom is 0.256 e. The maximum atomic E-state index is 13.0. The molecule has 0 saturated carbocycles. The normalized spacial score (nSPS) is 12.4. The number of hydrogen-bond acceptors (Lipinski definition) is 2. The van der Waals surface area contributed by atoms with Gasteiger partial charge in [-0.3, -0.25) is 4.79 Å². The van der Waals surface area contributed by atoms with Crippen molar-refractivity contribution < 1.29 is 4.39 Å². The zero-order valence-corrected chi connectivity index (χ0v) is 12.7. The minimum atomic E-state index is -0.540. The average Bonchev–Trinajstić information content (AvgIpc) is 2.44. The first-order valence-corrected chi connectivity index (χ1v) is 7.17. The van der Waals surface area contributed by atoms with E-state index in [4.69, 9.17) is 5.73 Å². The molecule has 2 aromatic rings. The smallest absolute Gasteiger partial charge is 0.256 e. The molecule has 1 atom stereocenters. The van der Waals surface area contributed by atoms with Crippen LogP contribution >= 0.6 is 0 Å². The molecule has 0 bridgehead atoms. The number of hydrogen-bond donors (Lipinski definition) is 1.